The molecule has 0 radical (unpaired) electrons. The summed E-state index contributed by atoms with van der Waals surface area (Å²) < 4.78 is 33.3. The van der Waals surface area contributed by atoms with E-state index in [9.17, 15) is 14.4 Å². The standard InChI is InChI=1S/C32H42N2O9/c1-4-39-19-27(35)41-20-42-30-26(38-3)15-16-33-28(30)31(36)34-25-12-8-11-24(17-22-9-6-5-7-10-22)29(21(2)43-32(25)37)40-18-23-13-14-23/h5-7,9-10,15-16,21,23-25,29H,4,8,11-14,17-20H2,1-3H3,(H,34,36)/t21-,24+,25-,29-/m0/s1. The minimum absolute atomic E-state index is 0.0204. The van der Waals surface area contributed by atoms with E-state index in [0.29, 0.717) is 32.0 Å². The molecule has 4 atom stereocenters. The molecule has 2 fully saturated rings. The summed E-state index contributed by atoms with van der Waals surface area (Å²) in [4.78, 5) is 42.8. The van der Waals surface area contributed by atoms with Crippen molar-refractivity contribution < 1.29 is 42.8 Å². The van der Waals surface area contributed by atoms with E-state index in [1.807, 2.05) is 25.1 Å². The molecule has 11 nitrogen and oxygen atoms in total. The Balaban J connectivity index is 1.45. The summed E-state index contributed by atoms with van der Waals surface area (Å²) in [5.41, 5.74) is 1.09. The lowest BCUT2D eigenvalue weighted by Gasteiger charge is -2.31. The van der Waals surface area contributed by atoms with Gasteiger partial charge in [0, 0.05) is 25.5 Å². The van der Waals surface area contributed by atoms with E-state index >= 15 is 0 Å². The molecule has 1 saturated heterocycles. The number of methoxy groups -OCH3 is 1. The van der Waals surface area contributed by atoms with Crippen LogP contribution >= 0.6 is 0 Å². The fourth-order valence-electron chi connectivity index (χ4n) is 5.15. The van der Waals surface area contributed by atoms with Crippen LogP contribution in [0.4, 0.5) is 0 Å². The number of ether oxygens (including phenoxy) is 6. The number of pyridine rings is 1. The van der Waals surface area contributed by atoms with E-state index in [-0.39, 0.29) is 35.8 Å². The number of hydrogen-bond acceptors (Lipinski definition) is 10. The number of carbonyl (C=O) groups is 3. The van der Waals surface area contributed by atoms with Crippen LogP contribution in [0.15, 0.2) is 42.6 Å². The van der Waals surface area contributed by atoms with Crippen LogP contribution in [-0.4, -0.2) is 74.8 Å². The van der Waals surface area contributed by atoms with Crippen LogP contribution in [0.25, 0.3) is 0 Å². The highest BCUT2D eigenvalue weighted by molar-refractivity contribution is 5.98. The van der Waals surface area contributed by atoms with E-state index in [1.165, 1.54) is 24.9 Å². The molecule has 1 aliphatic heterocycles. The molecule has 2 aliphatic rings. The van der Waals surface area contributed by atoms with Gasteiger partial charge in [0.15, 0.2) is 17.2 Å². The molecule has 1 N–H and O–H groups in total. The molecule has 2 heterocycles. The highest BCUT2D eigenvalue weighted by Gasteiger charge is 2.36. The monoisotopic (exact) mass is 598 g/mol. The first-order valence-corrected chi connectivity index (χ1v) is 15.0. The van der Waals surface area contributed by atoms with E-state index in [2.05, 4.69) is 22.4 Å². The van der Waals surface area contributed by atoms with Crippen molar-refractivity contribution >= 4 is 17.8 Å². The Morgan fingerprint density at radius 1 is 1.09 bits per heavy atom. The number of nitrogens with one attached hydrogen (secondary N) is 1. The summed E-state index contributed by atoms with van der Waals surface area (Å²) in [5, 5.41) is 2.78. The number of amides is 1. The summed E-state index contributed by atoms with van der Waals surface area (Å²) in [6.45, 7) is 3.93. The molecule has 4 rings (SSSR count). The van der Waals surface area contributed by atoms with Gasteiger partial charge in [-0.15, -0.1) is 0 Å². The van der Waals surface area contributed by atoms with E-state index in [1.54, 1.807) is 6.92 Å². The smallest absolute Gasteiger partial charge is 0.334 e. The van der Waals surface area contributed by atoms with Crippen molar-refractivity contribution in [3.63, 3.8) is 0 Å². The zero-order valence-corrected chi connectivity index (χ0v) is 25.1. The van der Waals surface area contributed by atoms with Gasteiger partial charge in [0.1, 0.15) is 18.8 Å². The van der Waals surface area contributed by atoms with Crippen molar-refractivity contribution in [3.05, 3.63) is 53.9 Å². The molecule has 1 aliphatic carbocycles. The first-order valence-electron chi connectivity index (χ1n) is 15.0. The van der Waals surface area contributed by atoms with Crippen LogP contribution in [0.1, 0.15) is 62.0 Å². The molecule has 11 heteroatoms. The molecule has 0 spiro atoms. The highest BCUT2D eigenvalue weighted by atomic mass is 16.7. The molecular formula is C32H42N2O9. The highest BCUT2D eigenvalue weighted by Crippen LogP contribution is 2.33. The average Bonchev–Trinajstić information content (AvgIpc) is 3.83. The fraction of sp³-hybridized carbons (Fsp3) is 0.562. The van der Waals surface area contributed by atoms with E-state index in [0.717, 1.165) is 25.7 Å². The van der Waals surface area contributed by atoms with Gasteiger partial charge in [-0.3, -0.25) is 4.79 Å². The first kappa shape index (κ1) is 32.2. The third-order valence-electron chi connectivity index (χ3n) is 7.60. The quantitative estimate of drug-likeness (QED) is 0.253. The first-order chi connectivity index (χ1) is 20.9. The second-order valence-corrected chi connectivity index (χ2v) is 10.9. The minimum Gasteiger partial charge on any atom is -0.493 e. The van der Waals surface area contributed by atoms with Crippen molar-refractivity contribution in [2.45, 2.75) is 70.6 Å². The number of aromatic nitrogens is 1. The van der Waals surface area contributed by atoms with Gasteiger partial charge in [0.2, 0.25) is 6.79 Å². The maximum atomic E-state index is 13.4. The fourth-order valence-corrected chi connectivity index (χ4v) is 5.15. The van der Waals surface area contributed by atoms with Gasteiger partial charge >= 0.3 is 11.9 Å². The Labute approximate surface area is 252 Å². The number of benzene rings is 1. The molecule has 1 amide bonds. The van der Waals surface area contributed by atoms with Gasteiger partial charge in [-0.2, -0.15) is 0 Å². The molecule has 0 unspecified atom stereocenters. The second-order valence-electron chi connectivity index (χ2n) is 10.9. The van der Waals surface area contributed by atoms with Gasteiger partial charge in [-0.1, -0.05) is 36.8 Å². The van der Waals surface area contributed by atoms with Crippen LogP contribution in [0.3, 0.4) is 0 Å². The van der Waals surface area contributed by atoms with Crippen molar-refractivity contribution in [2.24, 2.45) is 11.8 Å². The Hall–Kier alpha value is -3.70. The summed E-state index contributed by atoms with van der Waals surface area (Å²) in [5.74, 6) is -0.895. The van der Waals surface area contributed by atoms with Crippen LogP contribution in [-0.2, 0) is 35.0 Å². The summed E-state index contributed by atoms with van der Waals surface area (Å²) in [7, 11) is 1.41. The van der Waals surface area contributed by atoms with Crippen molar-refractivity contribution in [3.8, 4) is 11.5 Å². The van der Waals surface area contributed by atoms with Crippen LogP contribution < -0.4 is 14.8 Å². The lowest BCUT2D eigenvalue weighted by molar-refractivity contribution is -0.161. The lowest BCUT2D eigenvalue weighted by Crippen LogP contribution is -2.45. The zero-order valence-electron chi connectivity index (χ0n) is 25.1. The molecule has 1 saturated carbocycles. The average molecular weight is 599 g/mol. The number of hydrogen-bond donors (Lipinski definition) is 1. The van der Waals surface area contributed by atoms with Gasteiger partial charge in [-0.05, 0) is 63.4 Å². The number of cyclic esters (lactones) is 1. The molecule has 2 aromatic rings. The molecule has 1 aromatic heterocycles. The maximum Gasteiger partial charge on any atom is 0.334 e. The second kappa shape index (κ2) is 16.2. The van der Waals surface area contributed by atoms with Crippen LogP contribution in [0.5, 0.6) is 11.5 Å². The Bertz CT molecular complexity index is 1200. The Morgan fingerprint density at radius 2 is 1.88 bits per heavy atom. The number of carbonyl (C=O) groups excluding carboxylic acids is 3. The summed E-state index contributed by atoms with van der Waals surface area (Å²) in [6, 6.07) is 10.9. The maximum absolute atomic E-state index is 13.4. The molecule has 234 valence electrons. The third kappa shape index (κ3) is 9.65. The third-order valence-corrected chi connectivity index (χ3v) is 7.60. The molecular weight excluding hydrogens is 556 g/mol. The van der Waals surface area contributed by atoms with Crippen molar-refractivity contribution in [1.82, 2.24) is 10.3 Å². The Morgan fingerprint density at radius 3 is 2.60 bits per heavy atom. The topological polar surface area (TPSA) is 132 Å². The number of nitrogens with zero attached hydrogens (tertiary/aromatic N) is 1. The number of rotatable bonds is 14. The van der Waals surface area contributed by atoms with Crippen molar-refractivity contribution in [1.29, 1.82) is 0 Å². The molecule has 1 aromatic carbocycles. The van der Waals surface area contributed by atoms with E-state index in [4.69, 9.17) is 28.4 Å². The normalized spacial score (nSPS) is 22.3. The number of esters is 2. The van der Waals surface area contributed by atoms with Crippen LogP contribution in [0, 0.1) is 11.8 Å². The van der Waals surface area contributed by atoms with Gasteiger partial charge < -0.3 is 33.7 Å². The Kier molecular flexibility index (Phi) is 12.2. The summed E-state index contributed by atoms with van der Waals surface area (Å²) >= 11 is 0. The predicted octanol–water partition coefficient (Wildman–Crippen LogP) is 3.87. The minimum atomic E-state index is -0.903. The van der Waals surface area contributed by atoms with Gasteiger partial charge in [0.25, 0.3) is 5.91 Å². The van der Waals surface area contributed by atoms with Crippen LogP contribution in [0.2, 0.25) is 0 Å². The summed E-state index contributed by atoms with van der Waals surface area (Å²) in [6.07, 6.45) is 5.63. The van der Waals surface area contributed by atoms with Gasteiger partial charge in [0.05, 0.1) is 13.2 Å². The molecule has 0 bridgehead atoms. The lowest BCUT2D eigenvalue weighted by atomic mass is 9.87. The van der Waals surface area contributed by atoms with Gasteiger partial charge in [-0.25, -0.2) is 14.6 Å². The largest absolute Gasteiger partial charge is 0.493 e. The SMILES string of the molecule is CCOCC(=O)OCOc1c(OC)ccnc1C(=O)N[C@H]1CCC[C@H](Cc2ccccc2)[C@@H](OCC2CC2)[C@H](C)OC1=O. The molecule has 43 heavy (non-hydrogen) atoms. The predicted molar refractivity (Wildman–Crippen MR) is 156 cm³/mol. The van der Waals surface area contributed by atoms with Crippen molar-refractivity contribution in [2.75, 3.05) is 33.7 Å². The van der Waals surface area contributed by atoms with E-state index < -0.39 is 36.8 Å². The zero-order chi connectivity index (χ0) is 30.6.